The average Bonchev–Trinajstić information content (AvgIpc) is 1.64. The summed E-state index contributed by atoms with van der Waals surface area (Å²) < 4.78 is 0. The molecule has 2 N–H and O–H groups in total. The number of hydrogen-bond acceptors (Lipinski definition) is 3. The number of nitrogen functional groups attached to an aromatic ring is 1. The lowest BCUT2D eigenvalue weighted by atomic mass is 10.6. The highest BCUT2D eigenvalue weighted by atomic mass is 14.9. The van der Waals surface area contributed by atoms with E-state index in [9.17, 15) is 0 Å². The van der Waals surface area contributed by atoms with E-state index in [0.717, 1.165) is 0 Å². The van der Waals surface area contributed by atoms with Crippen LogP contribution in [0.15, 0.2) is 12.3 Å². The Bertz CT molecular complexity index is 168. The second kappa shape index (κ2) is 1.78. The van der Waals surface area contributed by atoms with E-state index in [2.05, 4.69) is 16.9 Å². The molecule has 0 saturated carbocycles. The standard InChI is InChI=1S/C5H6N3/c1-4-7-3-2-5(6)8-4/h2-3H,1H2,(H2,6,7,8). The first-order chi connectivity index (χ1) is 3.79. The van der Waals surface area contributed by atoms with E-state index in [1.54, 1.807) is 12.3 Å². The summed E-state index contributed by atoms with van der Waals surface area (Å²) in [5, 5.41) is 0. The molecule has 0 unspecified atom stereocenters. The lowest BCUT2D eigenvalue weighted by molar-refractivity contribution is 1.12. The summed E-state index contributed by atoms with van der Waals surface area (Å²) in [7, 11) is 0. The zero-order valence-corrected chi connectivity index (χ0v) is 4.33. The van der Waals surface area contributed by atoms with Crippen LogP contribution in [-0.4, -0.2) is 9.97 Å². The Morgan fingerprint density at radius 3 is 2.75 bits per heavy atom. The van der Waals surface area contributed by atoms with Gasteiger partial charge in [0.05, 0.1) is 0 Å². The third-order valence-corrected chi connectivity index (χ3v) is 0.727. The molecule has 41 valence electrons. The minimum atomic E-state index is 0.463. The van der Waals surface area contributed by atoms with Crippen molar-refractivity contribution in [1.82, 2.24) is 9.97 Å². The molecule has 1 heterocycles. The van der Waals surface area contributed by atoms with E-state index in [1.165, 1.54) is 0 Å². The highest BCUT2D eigenvalue weighted by Gasteiger charge is 1.84. The second-order valence-corrected chi connectivity index (χ2v) is 1.40. The lowest BCUT2D eigenvalue weighted by Crippen LogP contribution is -1.92. The van der Waals surface area contributed by atoms with E-state index >= 15 is 0 Å². The molecule has 0 bridgehead atoms. The minimum absolute atomic E-state index is 0.463. The molecule has 1 aromatic heterocycles. The van der Waals surface area contributed by atoms with Gasteiger partial charge in [0, 0.05) is 13.1 Å². The number of aromatic nitrogens is 2. The molecule has 8 heavy (non-hydrogen) atoms. The van der Waals surface area contributed by atoms with Gasteiger partial charge in [-0.15, -0.1) is 0 Å². The monoisotopic (exact) mass is 108 g/mol. The molecule has 1 rings (SSSR count). The van der Waals surface area contributed by atoms with Gasteiger partial charge in [0.25, 0.3) is 0 Å². The number of nitrogens with two attached hydrogens (primary N) is 1. The molecule has 0 fully saturated rings. The fourth-order valence-electron chi connectivity index (χ4n) is 0.415. The first kappa shape index (κ1) is 5.03. The zero-order valence-electron chi connectivity index (χ0n) is 4.33. The van der Waals surface area contributed by atoms with Gasteiger partial charge in [-0.2, -0.15) is 0 Å². The molecule has 3 heteroatoms. The van der Waals surface area contributed by atoms with Crippen molar-refractivity contribution in [2.45, 2.75) is 0 Å². The first-order valence-corrected chi connectivity index (χ1v) is 2.19. The van der Waals surface area contributed by atoms with E-state index in [1.807, 2.05) is 0 Å². The van der Waals surface area contributed by atoms with Crippen molar-refractivity contribution in [1.29, 1.82) is 0 Å². The maximum absolute atomic E-state index is 5.27. The van der Waals surface area contributed by atoms with E-state index in [4.69, 9.17) is 5.73 Å². The van der Waals surface area contributed by atoms with Gasteiger partial charge in [-0.1, -0.05) is 0 Å². The summed E-state index contributed by atoms with van der Waals surface area (Å²) in [6, 6.07) is 1.62. The Hall–Kier alpha value is -1.12. The van der Waals surface area contributed by atoms with Crippen molar-refractivity contribution in [2.24, 2.45) is 0 Å². The maximum atomic E-state index is 5.27. The van der Waals surface area contributed by atoms with Crippen LogP contribution < -0.4 is 5.73 Å². The largest absolute Gasteiger partial charge is 0.384 e. The van der Waals surface area contributed by atoms with Gasteiger partial charge in [-0.3, -0.25) is 0 Å². The van der Waals surface area contributed by atoms with Crippen LogP contribution in [0.3, 0.4) is 0 Å². The van der Waals surface area contributed by atoms with Gasteiger partial charge in [0.1, 0.15) is 11.6 Å². The number of anilines is 1. The predicted octanol–water partition coefficient (Wildman–Crippen LogP) is 0.241. The summed E-state index contributed by atoms with van der Waals surface area (Å²) in [6.07, 6.45) is 1.57. The van der Waals surface area contributed by atoms with E-state index in [0.29, 0.717) is 11.6 Å². The van der Waals surface area contributed by atoms with Gasteiger partial charge in [-0.25, -0.2) is 9.97 Å². The summed E-state index contributed by atoms with van der Waals surface area (Å²) in [4.78, 5) is 7.47. The van der Waals surface area contributed by atoms with Crippen molar-refractivity contribution < 1.29 is 0 Å². The molecule has 0 spiro atoms. The van der Waals surface area contributed by atoms with Crippen LogP contribution in [-0.2, 0) is 0 Å². The third kappa shape index (κ3) is 0.932. The summed E-state index contributed by atoms with van der Waals surface area (Å²) in [5.41, 5.74) is 5.27. The van der Waals surface area contributed by atoms with Crippen LogP contribution in [0.25, 0.3) is 0 Å². The Morgan fingerprint density at radius 2 is 2.38 bits per heavy atom. The predicted molar refractivity (Wildman–Crippen MR) is 30.9 cm³/mol. The zero-order chi connectivity index (χ0) is 5.98. The molecular formula is C5H6N3. The van der Waals surface area contributed by atoms with Gasteiger partial charge in [0.2, 0.25) is 0 Å². The SMILES string of the molecule is [CH2]c1nccc(N)n1. The highest BCUT2D eigenvalue weighted by molar-refractivity contribution is 5.25. The van der Waals surface area contributed by atoms with Crippen LogP contribution in [0.4, 0.5) is 5.82 Å². The maximum Gasteiger partial charge on any atom is 0.131 e. The van der Waals surface area contributed by atoms with Crippen molar-refractivity contribution in [2.75, 3.05) is 5.73 Å². The Kier molecular flexibility index (Phi) is 1.12. The minimum Gasteiger partial charge on any atom is -0.384 e. The van der Waals surface area contributed by atoms with Crippen LogP contribution >= 0.6 is 0 Å². The summed E-state index contributed by atoms with van der Waals surface area (Å²) in [5.74, 6) is 0.926. The first-order valence-electron chi connectivity index (χ1n) is 2.19. The van der Waals surface area contributed by atoms with Gasteiger partial charge >= 0.3 is 0 Å². The molecule has 1 radical (unpaired) electrons. The van der Waals surface area contributed by atoms with Crippen LogP contribution in [0.2, 0.25) is 0 Å². The number of hydrogen-bond donors (Lipinski definition) is 1. The molecule has 3 nitrogen and oxygen atoms in total. The quantitative estimate of drug-likeness (QED) is 0.518. The van der Waals surface area contributed by atoms with Gasteiger partial charge in [0.15, 0.2) is 0 Å². The van der Waals surface area contributed by atoms with Gasteiger partial charge < -0.3 is 5.73 Å². The number of nitrogens with zero attached hydrogens (tertiary/aromatic N) is 2. The number of rotatable bonds is 0. The van der Waals surface area contributed by atoms with Crippen molar-refractivity contribution in [3.63, 3.8) is 0 Å². The van der Waals surface area contributed by atoms with Crippen molar-refractivity contribution in [3.05, 3.63) is 25.0 Å². The van der Waals surface area contributed by atoms with Crippen LogP contribution in [0.5, 0.6) is 0 Å². The molecule has 0 amide bonds. The smallest absolute Gasteiger partial charge is 0.131 e. The molecule has 0 aliphatic rings. The molecule has 0 aliphatic heterocycles. The molecular weight excluding hydrogens is 102 g/mol. The van der Waals surface area contributed by atoms with Crippen molar-refractivity contribution in [3.8, 4) is 0 Å². The average molecular weight is 108 g/mol. The van der Waals surface area contributed by atoms with E-state index in [-0.39, 0.29) is 0 Å². The molecule has 0 aromatic carbocycles. The Balaban J connectivity index is 3.08. The van der Waals surface area contributed by atoms with Crippen LogP contribution in [0, 0.1) is 6.92 Å². The fraction of sp³-hybridized carbons (Fsp3) is 0. The topological polar surface area (TPSA) is 51.8 Å². The molecule has 0 saturated heterocycles. The Morgan fingerprint density at radius 1 is 1.62 bits per heavy atom. The second-order valence-electron chi connectivity index (χ2n) is 1.40. The normalized spacial score (nSPS) is 9.12. The summed E-state index contributed by atoms with van der Waals surface area (Å²) >= 11 is 0. The van der Waals surface area contributed by atoms with Crippen LogP contribution in [0.1, 0.15) is 5.82 Å². The van der Waals surface area contributed by atoms with Gasteiger partial charge in [-0.05, 0) is 6.07 Å². The lowest BCUT2D eigenvalue weighted by Gasteiger charge is -1.89. The fourth-order valence-corrected chi connectivity index (χ4v) is 0.415. The molecule has 0 atom stereocenters. The molecule has 1 aromatic rings. The molecule has 0 aliphatic carbocycles. The summed E-state index contributed by atoms with van der Waals surface area (Å²) in [6.45, 7) is 3.48. The third-order valence-electron chi connectivity index (χ3n) is 0.727. The van der Waals surface area contributed by atoms with E-state index < -0.39 is 0 Å². The Labute approximate surface area is 47.6 Å². The highest BCUT2D eigenvalue weighted by Crippen LogP contribution is 1.92. The van der Waals surface area contributed by atoms with Crippen molar-refractivity contribution >= 4 is 5.82 Å².